The first-order valence-electron chi connectivity index (χ1n) is 9.95. The van der Waals surface area contributed by atoms with Crippen LogP contribution in [0.4, 0.5) is 4.79 Å². The maximum absolute atomic E-state index is 13.8. The Bertz CT molecular complexity index is 838. The van der Waals surface area contributed by atoms with E-state index in [2.05, 4.69) is 0 Å². The van der Waals surface area contributed by atoms with Crippen LogP contribution in [0.1, 0.15) is 33.6 Å². The number of hydrogen-bond acceptors (Lipinski definition) is 6. The van der Waals surface area contributed by atoms with Gasteiger partial charge in [0, 0.05) is 6.54 Å². The van der Waals surface area contributed by atoms with Crippen LogP contribution in [0, 0.1) is 0 Å². The number of benzene rings is 2. The molecule has 0 aromatic heterocycles. The summed E-state index contributed by atoms with van der Waals surface area (Å²) >= 11 is 0. The van der Waals surface area contributed by atoms with Gasteiger partial charge in [0.1, 0.15) is 17.1 Å². The molecule has 30 heavy (non-hydrogen) atoms. The molecular formula is C22H28NO6P. The summed E-state index contributed by atoms with van der Waals surface area (Å²) in [4.78, 5) is 14.0. The molecule has 1 N–H and O–H groups in total. The van der Waals surface area contributed by atoms with Crippen molar-refractivity contribution in [2.45, 2.75) is 51.1 Å². The van der Waals surface area contributed by atoms with Gasteiger partial charge in [0.25, 0.3) is 0 Å². The third kappa shape index (κ3) is 5.55. The second-order valence-corrected chi connectivity index (χ2v) is 10.1. The molecule has 0 aliphatic carbocycles. The Hall–Kier alpha value is -2.50. The maximum Gasteiger partial charge on any atom is 0.461 e. The lowest BCUT2D eigenvalue weighted by Crippen LogP contribution is -2.45. The molecule has 1 saturated heterocycles. The van der Waals surface area contributed by atoms with Crippen LogP contribution < -0.4 is 9.05 Å². The number of ether oxygens (including phenoxy) is 1. The van der Waals surface area contributed by atoms with Gasteiger partial charge in [0.15, 0.2) is 5.85 Å². The zero-order valence-corrected chi connectivity index (χ0v) is 18.3. The van der Waals surface area contributed by atoms with Crippen LogP contribution >= 0.6 is 7.60 Å². The molecular weight excluding hydrogens is 405 g/mol. The summed E-state index contributed by atoms with van der Waals surface area (Å²) in [6, 6.07) is 16.3. The fourth-order valence-electron chi connectivity index (χ4n) is 3.24. The average molecular weight is 433 g/mol. The summed E-state index contributed by atoms with van der Waals surface area (Å²) in [5, 5.41) is 11.1. The minimum absolute atomic E-state index is 0.303. The van der Waals surface area contributed by atoms with Crippen molar-refractivity contribution in [2.75, 3.05) is 6.54 Å². The van der Waals surface area contributed by atoms with Gasteiger partial charge in [0.2, 0.25) is 0 Å². The van der Waals surface area contributed by atoms with Gasteiger partial charge in [-0.3, -0.25) is 0 Å². The van der Waals surface area contributed by atoms with Crippen molar-refractivity contribution in [3.05, 3.63) is 60.7 Å². The topological polar surface area (TPSA) is 85.3 Å². The predicted octanol–water partition coefficient (Wildman–Crippen LogP) is 5.06. The number of likely N-dealkylation sites (tertiary alicyclic amines) is 1. The second kappa shape index (κ2) is 9.11. The van der Waals surface area contributed by atoms with E-state index in [1.165, 1.54) is 4.90 Å². The van der Waals surface area contributed by atoms with Gasteiger partial charge in [-0.25, -0.2) is 9.36 Å². The number of aliphatic hydroxyl groups is 1. The molecule has 2 atom stereocenters. The Morgan fingerprint density at radius 2 is 1.53 bits per heavy atom. The third-order valence-electron chi connectivity index (χ3n) is 4.55. The Morgan fingerprint density at radius 3 is 2.00 bits per heavy atom. The van der Waals surface area contributed by atoms with Gasteiger partial charge < -0.3 is 23.8 Å². The van der Waals surface area contributed by atoms with E-state index in [-0.39, 0.29) is 0 Å². The van der Waals surface area contributed by atoms with Gasteiger partial charge in [-0.15, -0.1) is 0 Å². The number of rotatable bonds is 6. The van der Waals surface area contributed by atoms with Crippen LogP contribution in [0.2, 0.25) is 0 Å². The van der Waals surface area contributed by atoms with E-state index in [4.69, 9.17) is 13.8 Å². The average Bonchev–Trinajstić information content (AvgIpc) is 3.17. The zero-order valence-electron chi connectivity index (χ0n) is 17.4. The molecule has 3 rings (SSSR count). The lowest BCUT2D eigenvalue weighted by atomic mass is 10.2. The highest BCUT2D eigenvalue weighted by molar-refractivity contribution is 7.55. The first-order chi connectivity index (χ1) is 14.2. The number of para-hydroxylation sites is 2. The van der Waals surface area contributed by atoms with Gasteiger partial charge in [-0.2, -0.15) is 0 Å². The molecule has 0 saturated carbocycles. The maximum atomic E-state index is 13.8. The predicted molar refractivity (Wildman–Crippen MR) is 114 cm³/mol. The van der Waals surface area contributed by atoms with Crippen LogP contribution in [0.25, 0.3) is 0 Å². The first kappa shape index (κ1) is 22.2. The van der Waals surface area contributed by atoms with Crippen molar-refractivity contribution in [3.63, 3.8) is 0 Å². The van der Waals surface area contributed by atoms with Gasteiger partial charge in [-0.05, 0) is 57.9 Å². The number of carbonyl (C=O) groups is 1. The van der Waals surface area contributed by atoms with Crippen molar-refractivity contribution in [3.8, 4) is 11.5 Å². The van der Waals surface area contributed by atoms with Gasteiger partial charge in [0.05, 0.1) is 6.04 Å². The largest absolute Gasteiger partial charge is 0.461 e. The summed E-state index contributed by atoms with van der Waals surface area (Å²) in [7, 11) is -4.13. The molecule has 2 aromatic rings. The first-order valence-corrected chi connectivity index (χ1v) is 11.6. The zero-order chi connectivity index (χ0) is 21.8. The van der Waals surface area contributed by atoms with Crippen molar-refractivity contribution < 1.29 is 28.3 Å². The molecule has 1 aliphatic rings. The van der Waals surface area contributed by atoms with E-state index in [0.29, 0.717) is 30.9 Å². The van der Waals surface area contributed by atoms with Crippen LogP contribution in [-0.2, 0) is 9.30 Å². The Morgan fingerprint density at radius 1 is 1.03 bits per heavy atom. The molecule has 1 heterocycles. The molecule has 1 amide bonds. The molecule has 7 nitrogen and oxygen atoms in total. The lowest BCUT2D eigenvalue weighted by molar-refractivity contribution is 0.0127. The van der Waals surface area contributed by atoms with Gasteiger partial charge in [-0.1, -0.05) is 36.4 Å². The van der Waals surface area contributed by atoms with Crippen LogP contribution in [0.3, 0.4) is 0 Å². The smallest absolute Gasteiger partial charge is 0.444 e. The molecule has 0 spiro atoms. The molecule has 8 heteroatoms. The minimum atomic E-state index is -4.13. The van der Waals surface area contributed by atoms with Crippen molar-refractivity contribution in [1.29, 1.82) is 0 Å². The third-order valence-corrected chi connectivity index (χ3v) is 6.47. The normalized spacial score (nSPS) is 18.0. The number of aliphatic hydroxyl groups excluding tert-OH is 1. The summed E-state index contributed by atoms with van der Waals surface area (Å²) in [5.41, 5.74) is -0.681. The van der Waals surface area contributed by atoms with E-state index in [0.717, 1.165) is 0 Å². The molecule has 1 fully saturated rings. The molecule has 2 aromatic carbocycles. The van der Waals surface area contributed by atoms with E-state index in [1.54, 1.807) is 81.4 Å². The summed E-state index contributed by atoms with van der Waals surface area (Å²) in [6.45, 7) is 5.71. The highest BCUT2D eigenvalue weighted by Crippen LogP contribution is 2.54. The summed E-state index contributed by atoms with van der Waals surface area (Å²) < 4.78 is 30.7. The number of nitrogens with zero attached hydrogens (tertiary/aromatic N) is 1. The van der Waals surface area contributed by atoms with E-state index in [1.807, 2.05) is 0 Å². The van der Waals surface area contributed by atoms with Crippen molar-refractivity contribution >= 4 is 13.7 Å². The summed E-state index contributed by atoms with van der Waals surface area (Å²) in [5.74, 6) is -0.941. The SMILES string of the molecule is CC(C)(C)OC(=O)N1CCC[C@H]1C(O)P(=O)(Oc1ccccc1)Oc1ccccc1. The standard InChI is InChI=1S/C22H28NO6P/c1-22(2,3)27-21(25)23-16-10-15-19(23)20(24)30(26,28-17-11-6-4-7-12-17)29-18-13-8-5-9-14-18/h4-9,11-14,19-20,24H,10,15-16H2,1-3H3/t19-,20?/m0/s1. The fourth-order valence-corrected chi connectivity index (χ4v) is 5.06. The quantitative estimate of drug-likeness (QED) is 0.642. The van der Waals surface area contributed by atoms with Crippen molar-refractivity contribution in [1.82, 2.24) is 4.90 Å². The Balaban J connectivity index is 1.88. The highest BCUT2D eigenvalue weighted by atomic mass is 31.2. The number of amides is 1. The Kier molecular flexibility index (Phi) is 6.74. The second-order valence-electron chi connectivity index (χ2n) is 8.15. The lowest BCUT2D eigenvalue weighted by Gasteiger charge is -2.33. The number of carbonyl (C=O) groups excluding carboxylic acids is 1. The van der Waals surface area contributed by atoms with Crippen molar-refractivity contribution in [2.24, 2.45) is 0 Å². The van der Waals surface area contributed by atoms with E-state index >= 15 is 0 Å². The highest BCUT2D eigenvalue weighted by Gasteiger charge is 2.49. The fraction of sp³-hybridized carbons (Fsp3) is 0.409. The summed E-state index contributed by atoms with van der Waals surface area (Å²) in [6.07, 6.45) is 0.549. The van der Waals surface area contributed by atoms with E-state index < -0.39 is 31.2 Å². The van der Waals surface area contributed by atoms with Crippen LogP contribution in [0.15, 0.2) is 60.7 Å². The molecule has 0 bridgehead atoms. The molecule has 1 aliphatic heterocycles. The molecule has 1 unspecified atom stereocenters. The van der Waals surface area contributed by atoms with Crippen LogP contribution in [0.5, 0.6) is 11.5 Å². The minimum Gasteiger partial charge on any atom is -0.444 e. The van der Waals surface area contributed by atoms with Gasteiger partial charge >= 0.3 is 13.7 Å². The molecule has 162 valence electrons. The Labute approximate surface area is 177 Å². The monoisotopic (exact) mass is 433 g/mol. The van der Waals surface area contributed by atoms with Crippen LogP contribution in [-0.4, -0.2) is 40.1 Å². The molecule has 0 radical (unpaired) electrons. The van der Waals surface area contributed by atoms with E-state index in [9.17, 15) is 14.5 Å². The number of hydrogen-bond donors (Lipinski definition) is 1.